The van der Waals surface area contributed by atoms with E-state index in [9.17, 15) is 4.39 Å². The lowest BCUT2D eigenvalue weighted by molar-refractivity contribution is 0.579. The molecule has 0 unspecified atom stereocenters. The lowest BCUT2D eigenvalue weighted by atomic mass is 10.6. The molecule has 0 fully saturated rings. The molecule has 1 aromatic heterocycles. The Bertz CT molecular complexity index is 270. The van der Waals surface area contributed by atoms with E-state index in [0.29, 0.717) is 5.03 Å². The van der Waals surface area contributed by atoms with E-state index in [4.69, 9.17) is 11.6 Å². The molecular weight excluding hydrogens is 199 g/mol. The molecule has 66 valence electrons. The summed E-state index contributed by atoms with van der Waals surface area (Å²) in [7, 11) is 0. The second kappa shape index (κ2) is 4.62. The van der Waals surface area contributed by atoms with Gasteiger partial charge in [0.05, 0.1) is 6.20 Å². The van der Waals surface area contributed by atoms with Gasteiger partial charge in [-0.25, -0.2) is 14.4 Å². The van der Waals surface area contributed by atoms with Crippen molar-refractivity contribution in [3.05, 3.63) is 17.3 Å². The third-order valence-electron chi connectivity index (χ3n) is 1.13. The largest absolute Gasteiger partial charge is 0.223 e. The highest BCUT2D eigenvalue weighted by molar-refractivity contribution is 7.99. The van der Waals surface area contributed by atoms with Gasteiger partial charge in [-0.2, -0.15) is 0 Å². The first-order valence-corrected chi connectivity index (χ1v) is 4.91. The number of thioether (sulfide) groups is 1. The summed E-state index contributed by atoms with van der Waals surface area (Å²) < 4.78 is 12.9. The van der Waals surface area contributed by atoms with E-state index >= 15 is 0 Å². The van der Waals surface area contributed by atoms with Crippen LogP contribution in [0.4, 0.5) is 4.39 Å². The van der Waals surface area contributed by atoms with Gasteiger partial charge in [0.2, 0.25) is 5.28 Å². The molecule has 0 aliphatic rings. The normalized spacial score (nSPS) is 10.2. The molecule has 0 saturated carbocycles. The van der Waals surface area contributed by atoms with Crippen molar-refractivity contribution in [1.82, 2.24) is 9.97 Å². The highest BCUT2D eigenvalue weighted by Gasteiger charge is 2.04. The van der Waals surface area contributed by atoms with Crippen LogP contribution in [0.1, 0.15) is 13.3 Å². The van der Waals surface area contributed by atoms with E-state index in [-0.39, 0.29) is 5.28 Å². The Hall–Kier alpha value is -0.350. The lowest BCUT2D eigenvalue weighted by Gasteiger charge is -1.99. The van der Waals surface area contributed by atoms with Crippen molar-refractivity contribution < 1.29 is 4.39 Å². The molecule has 0 N–H and O–H groups in total. The summed E-state index contributed by atoms with van der Waals surface area (Å²) >= 11 is 6.84. The van der Waals surface area contributed by atoms with Gasteiger partial charge in [-0.05, 0) is 23.8 Å². The average molecular weight is 207 g/mol. The molecule has 5 heteroatoms. The molecule has 0 saturated heterocycles. The zero-order valence-electron chi connectivity index (χ0n) is 6.55. The van der Waals surface area contributed by atoms with E-state index in [1.807, 2.05) is 6.92 Å². The molecule has 2 nitrogen and oxygen atoms in total. The first kappa shape index (κ1) is 9.74. The fourth-order valence-electron chi connectivity index (χ4n) is 0.631. The molecule has 1 aromatic rings. The molecule has 0 aliphatic carbocycles. The molecule has 0 amide bonds. The van der Waals surface area contributed by atoms with E-state index in [0.717, 1.165) is 18.4 Å². The van der Waals surface area contributed by atoms with E-state index in [1.54, 1.807) is 0 Å². The van der Waals surface area contributed by atoms with Crippen LogP contribution in [0.25, 0.3) is 0 Å². The first-order valence-electron chi connectivity index (χ1n) is 3.55. The minimum atomic E-state index is -0.405. The van der Waals surface area contributed by atoms with Gasteiger partial charge in [0.25, 0.3) is 0 Å². The standard InChI is InChI=1S/C7H8ClFN2S/c1-2-3-12-6-5(9)4-10-7(8)11-6/h4H,2-3H2,1H3. The number of aromatic nitrogens is 2. The number of hydrogen-bond donors (Lipinski definition) is 0. The Morgan fingerprint density at radius 3 is 3.08 bits per heavy atom. The molecule has 12 heavy (non-hydrogen) atoms. The summed E-state index contributed by atoms with van der Waals surface area (Å²) in [4.78, 5) is 7.27. The van der Waals surface area contributed by atoms with Crippen LogP contribution >= 0.6 is 23.4 Å². The summed E-state index contributed by atoms with van der Waals surface area (Å²) in [5.74, 6) is 0.433. The van der Waals surface area contributed by atoms with Crippen molar-refractivity contribution in [2.24, 2.45) is 0 Å². The average Bonchev–Trinajstić information content (AvgIpc) is 2.07. The van der Waals surface area contributed by atoms with Gasteiger partial charge in [0.15, 0.2) is 5.82 Å². The minimum Gasteiger partial charge on any atom is -0.223 e. The number of hydrogen-bond acceptors (Lipinski definition) is 3. The SMILES string of the molecule is CCCSc1nc(Cl)ncc1F. The predicted molar refractivity (Wildman–Crippen MR) is 48.0 cm³/mol. The van der Waals surface area contributed by atoms with Gasteiger partial charge in [0.1, 0.15) is 5.03 Å². The Morgan fingerprint density at radius 1 is 1.67 bits per heavy atom. The zero-order chi connectivity index (χ0) is 8.97. The molecule has 0 aliphatic heterocycles. The first-order chi connectivity index (χ1) is 5.74. The van der Waals surface area contributed by atoms with Crippen LogP contribution in [0.3, 0.4) is 0 Å². The van der Waals surface area contributed by atoms with Crippen LogP contribution in [-0.2, 0) is 0 Å². The Balaban J connectivity index is 2.75. The second-order valence-corrected chi connectivity index (χ2v) is 3.56. The Kier molecular flexibility index (Phi) is 3.75. The second-order valence-electron chi connectivity index (χ2n) is 2.14. The maximum absolute atomic E-state index is 12.9. The van der Waals surface area contributed by atoms with Crippen LogP contribution in [0.2, 0.25) is 5.28 Å². The quantitative estimate of drug-likeness (QED) is 0.432. The topological polar surface area (TPSA) is 25.8 Å². The fraction of sp³-hybridized carbons (Fsp3) is 0.429. The maximum Gasteiger partial charge on any atom is 0.223 e. The van der Waals surface area contributed by atoms with Crippen LogP contribution in [0, 0.1) is 5.82 Å². The molecule has 0 atom stereocenters. The van der Waals surface area contributed by atoms with E-state index in [2.05, 4.69) is 9.97 Å². The monoisotopic (exact) mass is 206 g/mol. The summed E-state index contributed by atoms with van der Waals surface area (Å²) in [5.41, 5.74) is 0. The van der Waals surface area contributed by atoms with Crippen LogP contribution in [-0.4, -0.2) is 15.7 Å². The van der Waals surface area contributed by atoms with Crippen molar-refractivity contribution in [2.75, 3.05) is 5.75 Å². The van der Waals surface area contributed by atoms with Gasteiger partial charge in [-0.15, -0.1) is 11.8 Å². The maximum atomic E-state index is 12.9. The Labute approximate surface area is 79.6 Å². The lowest BCUT2D eigenvalue weighted by Crippen LogP contribution is -1.91. The molecule has 1 heterocycles. The molecule has 0 radical (unpaired) electrons. The van der Waals surface area contributed by atoms with E-state index in [1.165, 1.54) is 11.8 Å². The van der Waals surface area contributed by atoms with Gasteiger partial charge >= 0.3 is 0 Å². The van der Waals surface area contributed by atoms with Gasteiger partial charge in [0, 0.05) is 0 Å². The van der Waals surface area contributed by atoms with Crippen molar-refractivity contribution in [1.29, 1.82) is 0 Å². The predicted octanol–water partition coefficient (Wildman–Crippen LogP) is 2.77. The van der Waals surface area contributed by atoms with Gasteiger partial charge in [-0.1, -0.05) is 6.92 Å². The Morgan fingerprint density at radius 2 is 2.42 bits per heavy atom. The number of halogens is 2. The van der Waals surface area contributed by atoms with Gasteiger partial charge in [-0.3, -0.25) is 0 Å². The third kappa shape index (κ3) is 2.60. The smallest absolute Gasteiger partial charge is 0.223 e. The summed E-state index contributed by atoms with van der Waals surface area (Å²) in [6, 6.07) is 0. The van der Waals surface area contributed by atoms with Crippen molar-refractivity contribution in [3.8, 4) is 0 Å². The number of rotatable bonds is 3. The summed E-state index contributed by atoms with van der Waals surface area (Å²) in [6.45, 7) is 2.02. The van der Waals surface area contributed by atoms with Crippen molar-refractivity contribution in [2.45, 2.75) is 18.4 Å². The van der Waals surface area contributed by atoms with Crippen molar-refractivity contribution in [3.63, 3.8) is 0 Å². The molecule has 0 spiro atoms. The fourth-order valence-corrected chi connectivity index (χ4v) is 1.55. The summed E-state index contributed by atoms with van der Waals surface area (Å²) in [5, 5.41) is 0.423. The third-order valence-corrected chi connectivity index (χ3v) is 2.48. The zero-order valence-corrected chi connectivity index (χ0v) is 8.12. The van der Waals surface area contributed by atoms with E-state index < -0.39 is 5.82 Å². The highest BCUT2D eigenvalue weighted by Crippen LogP contribution is 2.20. The molecule has 0 aromatic carbocycles. The molecular formula is C7H8ClFN2S. The number of nitrogens with zero attached hydrogens (tertiary/aromatic N) is 2. The molecule has 0 bridgehead atoms. The van der Waals surface area contributed by atoms with Crippen LogP contribution in [0.15, 0.2) is 11.2 Å². The van der Waals surface area contributed by atoms with Crippen LogP contribution < -0.4 is 0 Å². The van der Waals surface area contributed by atoms with Crippen molar-refractivity contribution >= 4 is 23.4 Å². The van der Waals surface area contributed by atoms with Crippen LogP contribution in [0.5, 0.6) is 0 Å². The molecule has 1 rings (SSSR count). The summed E-state index contributed by atoms with van der Waals surface area (Å²) in [6.07, 6.45) is 2.07. The minimum absolute atomic E-state index is 0.0926. The highest BCUT2D eigenvalue weighted by atomic mass is 35.5. The van der Waals surface area contributed by atoms with Gasteiger partial charge < -0.3 is 0 Å².